The Morgan fingerprint density at radius 3 is 2.86 bits per heavy atom. The average molecular weight is 416 g/mol. The van der Waals surface area contributed by atoms with Gasteiger partial charge >= 0.3 is 0 Å². The fraction of sp³-hybridized carbons (Fsp3) is 0.400. The number of likely N-dealkylation sites (tertiary alicyclic amines) is 1. The van der Waals surface area contributed by atoms with E-state index in [4.69, 9.17) is 16.6 Å². The van der Waals surface area contributed by atoms with Crippen molar-refractivity contribution < 1.29 is 4.79 Å². The number of imidazole rings is 1. The minimum absolute atomic E-state index is 0.00486. The van der Waals surface area contributed by atoms with Crippen molar-refractivity contribution in [2.75, 3.05) is 13.1 Å². The topological polar surface area (TPSA) is 63.4 Å². The number of nitrogens with zero attached hydrogens (tertiary/aromatic N) is 5. The molecule has 0 aromatic carbocycles. The smallest absolute Gasteiger partial charge is 0.246 e. The van der Waals surface area contributed by atoms with Crippen LogP contribution in [0.5, 0.6) is 0 Å². The van der Waals surface area contributed by atoms with E-state index >= 15 is 0 Å². The van der Waals surface area contributed by atoms with Gasteiger partial charge in [-0.1, -0.05) is 25.4 Å². The fourth-order valence-electron chi connectivity index (χ4n) is 3.47. The maximum atomic E-state index is 12.6. The summed E-state index contributed by atoms with van der Waals surface area (Å²) >= 11 is 7.70. The first-order valence-electron chi connectivity index (χ1n) is 9.44. The largest absolute Gasteiger partial charge is 0.339 e. The molecule has 0 spiro atoms. The second kappa shape index (κ2) is 8.01. The summed E-state index contributed by atoms with van der Waals surface area (Å²) < 4.78 is 1.89. The number of amides is 1. The van der Waals surface area contributed by atoms with Gasteiger partial charge in [0.2, 0.25) is 5.91 Å². The lowest BCUT2D eigenvalue weighted by Gasteiger charge is -2.31. The number of piperidine rings is 1. The molecule has 3 aromatic rings. The molecule has 8 heteroatoms. The van der Waals surface area contributed by atoms with Gasteiger partial charge in [-0.15, -0.1) is 11.3 Å². The first-order chi connectivity index (χ1) is 13.5. The SMILES string of the molecule is CC(C)c1nccc(C2CCN(C(=O)C=Cc3c(Cl)nc4sccn34)CC2)n1. The highest BCUT2D eigenvalue weighted by Gasteiger charge is 2.24. The molecule has 0 saturated carbocycles. The van der Waals surface area contributed by atoms with Gasteiger partial charge in [-0.25, -0.2) is 15.0 Å². The highest BCUT2D eigenvalue weighted by atomic mass is 35.5. The Morgan fingerprint density at radius 2 is 2.11 bits per heavy atom. The van der Waals surface area contributed by atoms with Crippen LogP contribution >= 0.6 is 22.9 Å². The molecule has 1 aliphatic rings. The molecule has 0 radical (unpaired) electrons. The van der Waals surface area contributed by atoms with Crippen LogP contribution in [0.15, 0.2) is 29.9 Å². The van der Waals surface area contributed by atoms with E-state index in [1.165, 1.54) is 11.3 Å². The molecule has 0 atom stereocenters. The normalized spacial score (nSPS) is 15.9. The van der Waals surface area contributed by atoms with E-state index in [-0.39, 0.29) is 5.91 Å². The molecule has 1 amide bonds. The molecule has 0 bridgehead atoms. The van der Waals surface area contributed by atoms with Crippen LogP contribution < -0.4 is 0 Å². The molecule has 0 N–H and O–H groups in total. The Kier molecular flexibility index (Phi) is 5.46. The Balaban J connectivity index is 1.39. The van der Waals surface area contributed by atoms with Gasteiger partial charge in [0.05, 0.1) is 5.69 Å². The second-order valence-electron chi connectivity index (χ2n) is 7.27. The van der Waals surface area contributed by atoms with Gasteiger partial charge in [-0.2, -0.15) is 0 Å². The van der Waals surface area contributed by atoms with Crippen molar-refractivity contribution in [1.29, 1.82) is 0 Å². The van der Waals surface area contributed by atoms with Crippen molar-refractivity contribution in [3.63, 3.8) is 0 Å². The van der Waals surface area contributed by atoms with Crippen molar-refractivity contribution >= 4 is 39.9 Å². The maximum absolute atomic E-state index is 12.6. The first kappa shape index (κ1) is 19.1. The number of halogens is 1. The lowest BCUT2D eigenvalue weighted by atomic mass is 9.93. The molecule has 6 nitrogen and oxygen atoms in total. The van der Waals surface area contributed by atoms with Crippen LogP contribution in [-0.2, 0) is 4.79 Å². The minimum Gasteiger partial charge on any atom is -0.339 e. The number of fused-ring (bicyclic) bond motifs is 1. The third-order valence-corrected chi connectivity index (χ3v) is 6.11. The molecule has 1 saturated heterocycles. The average Bonchev–Trinajstić information content (AvgIpc) is 3.27. The van der Waals surface area contributed by atoms with Crippen molar-refractivity contribution in [2.24, 2.45) is 0 Å². The zero-order valence-corrected chi connectivity index (χ0v) is 17.5. The molecular formula is C20H22ClN5OS. The van der Waals surface area contributed by atoms with Gasteiger partial charge < -0.3 is 4.90 Å². The highest BCUT2D eigenvalue weighted by molar-refractivity contribution is 7.15. The summed E-state index contributed by atoms with van der Waals surface area (Å²) in [5.74, 6) is 1.58. The van der Waals surface area contributed by atoms with Crippen LogP contribution in [-0.4, -0.2) is 43.2 Å². The summed E-state index contributed by atoms with van der Waals surface area (Å²) in [7, 11) is 0. The summed E-state index contributed by atoms with van der Waals surface area (Å²) in [5.41, 5.74) is 1.83. The van der Waals surface area contributed by atoms with E-state index in [2.05, 4.69) is 23.8 Å². The molecule has 3 aromatic heterocycles. The van der Waals surface area contributed by atoms with Gasteiger partial charge in [0.1, 0.15) is 5.82 Å². The van der Waals surface area contributed by atoms with Crippen LogP contribution in [0.4, 0.5) is 0 Å². The van der Waals surface area contributed by atoms with Gasteiger partial charge in [0.25, 0.3) is 0 Å². The van der Waals surface area contributed by atoms with Crippen LogP contribution in [0.1, 0.15) is 55.7 Å². The van der Waals surface area contributed by atoms with E-state index in [0.717, 1.165) is 48.1 Å². The first-order valence-corrected chi connectivity index (χ1v) is 10.7. The molecule has 146 valence electrons. The molecule has 1 aliphatic heterocycles. The molecule has 1 fully saturated rings. The monoisotopic (exact) mass is 415 g/mol. The zero-order valence-electron chi connectivity index (χ0n) is 15.9. The van der Waals surface area contributed by atoms with E-state index in [1.54, 1.807) is 12.2 Å². The van der Waals surface area contributed by atoms with Crippen LogP contribution in [0, 0.1) is 0 Å². The standard InChI is InChI=1S/C20H22ClN5OS/c1-13(2)19-22-8-5-15(23-19)14-6-9-25(10-7-14)17(27)4-3-16-18(21)24-20-26(16)11-12-28-20/h3-5,8,11-14H,6-7,9-10H2,1-2H3. The number of thiazole rings is 1. The predicted molar refractivity (Wildman–Crippen MR) is 112 cm³/mol. The number of carbonyl (C=O) groups excluding carboxylic acids is 1. The maximum Gasteiger partial charge on any atom is 0.246 e. The van der Waals surface area contributed by atoms with E-state index in [0.29, 0.717) is 17.0 Å². The van der Waals surface area contributed by atoms with Gasteiger partial charge in [-0.3, -0.25) is 9.20 Å². The Morgan fingerprint density at radius 1 is 1.32 bits per heavy atom. The molecule has 28 heavy (non-hydrogen) atoms. The quantitative estimate of drug-likeness (QED) is 0.593. The second-order valence-corrected chi connectivity index (χ2v) is 8.50. The molecule has 4 rings (SSSR count). The lowest BCUT2D eigenvalue weighted by Crippen LogP contribution is -2.37. The predicted octanol–water partition coefficient (Wildman–Crippen LogP) is 4.38. The van der Waals surface area contributed by atoms with Crippen molar-refractivity contribution in [3.05, 3.63) is 52.3 Å². The van der Waals surface area contributed by atoms with Crippen molar-refractivity contribution in [1.82, 2.24) is 24.3 Å². The van der Waals surface area contributed by atoms with E-state index in [9.17, 15) is 4.79 Å². The molecule has 4 heterocycles. The molecule has 0 aliphatic carbocycles. The lowest BCUT2D eigenvalue weighted by molar-refractivity contribution is -0.126. The van der Waals surface area contributed by atoms with Crippen molar-refractivity contribution in [3.8, 4) is 0 Å². The van der Waals surface area contributed by atoms with Gasteiger partial charge in [-0.05, 0) is 25.0 Å². The molecule has 0 unspecified atom stereocenters. The summed E-state index contributed by atoms with van der Waals surface area (Å²) in [6.45, 7) is 5.65. The Labute approximate surface area is 172 Å². The number of carbonyl (C=O) groups is 1. The van der Waals surface area contributed by atoms with Crippen molar-refractivity contribution in [2.45, 2.75) is 38.5 Å². The third kappa shape index (κ3) is 3.82. The Bertz CT molecular complexity index is 1020. The summed E-state index contributed by atoms with van der Waals surface area (Å²) in [5, 5.41) is 2.36. The summed E-state index contributed by atoms with van der Waals surface area (Å²) in [6.07, 6.45) is 8.92. The van der Waals surface area contributed by atoms with E-state index < -0.39 is 0 Å². The zero-order chi connectivity index (χ0) is 19.7. The summed E-state index contributed by atoms with van der Waals surface area (Å²) in [6, 6.07) is 2.00. The number of hydrogen-bond acceptors (Lipinski definition) is 5. The number of aromatic nitrogens is 4. The van der Waals surface area contributed by atoms with Gasteiger partial charge in [0.15, 0.2) is 10.1 Å². The van der Waals surface area contributed by atoms with Crippen LogP contribution in [0.2, 0.25) is 5.15 Å². The number of rotatable bonds is 4. The third-order valence-electron chi connectivity index (χ3n) is 5.08. The van der Waals surface area contributed by atoms with Crippen LogP contribution in [0.25, 0.3) is 11.0 Å². The fourth-order valence-corrected chi connectivity index (χ4v) is 4.48. The summed E-state index contributed by atoms with van der Waals surface area (Å²) in [4.78, 5) is 28.7. The Hall–Kier alpha value is -2.25. The number of hydrogen-bond donors (Lipinski definition) is 0. The minimum atomic E-state index is 0.00486. The van der Waals surface area contributed by atoms with Crippen LogP contribution in [0.3, 0.4) is 0 Å². The molecular weight excluding hydrogens is 394 g/mol. The highest BCUT2D eigenvalue weighted by Crippen LogP contribution is 2.28. The van der Waals surface area contributed by atoms with Gasteiger partial charge in [0, 0.05) is 54.5 Å². The van der Waals surface area contributed by atoms with E-state index in [1.807, 2.05) is 33.1 Å².